The number of aromatic nitrogens is 1. The zero-order chi connectivity index (χ0) is 20.5. The molecule has 158 valence electrons. The molecule has 29 heavy (non-hydrogen) atoms. The van der Waals surface area contributed by atoms with Crippen LogP contribution in [0.15, 0.2) is 42.7 Å². The molecule has 1 aliphatic heterocycles. The Hall–Kier alpha value is -2.15. The van der Waals surface area contributed by atoms with E-state index in [4.69, 9.17) is 9.47 Å². The van der Waals surface area contributed by atoms with Gasteiger partial charge in [0, 0.05) is 57.2 Å². The van der Waals surface area contributed by atoms with Crippen molar-refractivity contribution in [1.82, 2.24) is 20.1 Å². The highest BCUT2D eigenvalue weighted by molar-refractivity contribution is 5.43. The van der Waals surface area contributed by atoms with Crippen molar-refractivity contribution >= 4 is 0 Å². The van der Waals surface area contributed by atoms with Gasteiger partial charge in [0.2, 0.25) is 0 Å². The molecule has 0 saturated carbocycles. The molecule has 0 spiro atoms. The second kappa shape index (κ2) is 11.1. The van der Waals surface area contributed by atoms with Crippen molar-refractivity contribution in [1.29, 1.82) is 0 Å². The monoisotopic (exact) mass is 398 g/mol. The molecule has 1 aliphatic rings. The molecule has 1 aromatic carbocycles. The van der Waals surface area contributed by atoms with Crippen molar-refractivity contribution in [2.45, 2.75) is 20.1 Å². The molecule has 1 aromatic heterocycles. The predicted octanol–water partition coefficient (Wildman–Crippen LogP) is 2.64. The second-order valence-electron chi connectivity index (χ2n) is 7.98. The SMILES string of the molecule is COc1ccc(CNCC(C)CN2CCN(C)CC2)cc1OCc1cccnc1. The van der Waals surface area contributed by atoms with E-state index in [0.29, 0.717) is 12.5 Å². The first-order valence-corrected chi connectivity index (χ1v) is 10.4. The molecular weight excluding hydrogens is 364 g/mol. The summed E-state index contributed by atoms with van der Waals surface area (Å²) in [6.45, 7) is 10.5. The Morgan fingerprint density at radius 1 is 1.10 bits per heavy atom. The third kappa shape index (κ3) is 6.99. The lowest BCUT2D eigenvalue weighted by molar-refractivity contribution is 0.138. The molecule has 1 saturated heterocycles. The number of rotatable bonds is 10. The van der Waals surface area contributed by atoms with Gasteiger partial charge in [-0.15, -0.1) is 0 Å². The first-order chi connectivity index (χ1) is 14.1. The molecule has 3 rings (SSSR count). The lowest BCUT2D eigenvalue weighted by Crippen LogP contribution is -2.46. The standard InChI is InChI=1S/C23H34N4O2/c1-19(17-27-11-9-26(2)10-12-27)14-25-15-20-6-7-22(28-3)23(13-20)29-18-21-5-4-8-24-16-21/h4-8,13,16,19,25H,9-12,14-15,17-18H2,1-3H3. The van der Waals surface area contributed by atoms with E-state index in [9.17, 15) is 0 Å². The van der Waals surface area contributed by atoms with Crippen LogP contribution >= 0.6 is 0 Å². The number of methoxy groups -OCH3 is 1. The Kier molecular flexibility index (Phi) is 8.28. The second-order valence-corrected chi connectivity index (χ2v) is 7.98. The van der Waals surface area contributed by atoms with E-state index in [0.717, 1.165) is 36.7 Å². The van der Waals surface area contributed by atoms with E-state index in [1.807, 2.05) is 24.4 Å². The molecule has 6 heteroatoms. The maximum atomic E-state index is 5.99. The van der Waals surface area contributed by atoms with E-state index in [2.05, 4.69) is 46.2 Å². The van der Waals surface area contributed by atoms with Gasteiger partial charge in [0.25, 0.3) is 0 Å². The Bertz CT molecular complexity index is 733. The minimum Gasteiger partial charge on any atom is -0.493 e. The number of nitrogens with one attached hydrogen (secondary N) is 1. The average molecular weight is 399 g/mol. The van der Waals surface area contributed by atoms with Gasteiger partial charge in [0.1, 0.15) is 6.61 Å². The summed E-state index contributed by atoms with van der Waals surface area (Å²) in [6.07, 6.45) is 3.58. The molecule has 6 nitrogen and oxygen atoms in total. The van der Waals surface area contributed by atoms with E-state index in [1.165, 1.54) is 31.7 Å². The van der Waals surface area contributed by atoms with Gasteiger partial charge in [-0.25, -0.2) is 0 Å². The molecule has 0 bridgehead atoms. The van der Waals surface area contributed by atoms with Gasteiger partial charge in [-0.05, 0) is 43.3 Å². The van der Waals surface area contributed by atoms with Gasteiger partial charge in [-0.1, -0.05) is 19.1 Å². The van der Waals surface area contributed by atoms with Gasteiger partial charge in [-0.2, -0.15) is 0 Å². The summed E-state index contributed by atoms with van der Waals surface area (Å²) in [5.41, 5.74) is 2.23. The molecule has 0 aliphatic carbocycles. The highest BCUT2D eigenvalue weighted by atomic mass is 16.5. The van der Waals surface area contributed by atoms with Crippen LogP contribution in [-0.4, -0.2) is 68.2 Å². The Balaban J connectivity index is 1.46. The Labute approximate surface area is 174 Å². The maximum absolute atomic E-state index is 5.99. The summed E-state index contributed by atoms with van der Waals surface area (Å²) in [4.78, 5) is 9.11. The molecule has 1 N–H and O–H groups in total. The van der Waals surface area contributed by atoms with Crippen LogP contribution in [-0.2, 0) is 13.2 Å². The van der Waals surface area contributed by atoms with Gasteiger partial charge >= 0.3 is 0 Å². The normalized spacial score (nSPS) is 16.5. The first-order valence-electron chi connectivity index (χ1n) is 10.4. The average Bonchev–Trinajstić information content (AvgIpc) is 2.75. The van der Waals surface area contributed by atoms with Crippen molar-refractivity contribution in [3.8, 4) is 11.5 Å². The van der Waals surface area contributed by atoms with Gasteiger partial charge in [0.15, 0.2) is 11.5 Å². The summed E-state index contributed by atoms with van der Waals surface area (Å²) in [5.74, 6) is 2.14. The van der Waals surface area contributed by atoms with Crippen LogP contribution in [0.4, 0.5) is 0 Å². The largest absolute Gasteiger partial charge is 0.493 e. The van der Waals surface area contributed by atoms with Crippen molar-refractivity contribution in [3.05, 3.63) is 53.9 Å². The van der Waals surface area contributed by atoms with Crippen LogP contribution in [0.5, 0.6) is 11.5 Å². The van der Waals surface area contributed by atoms with Crippen LogP contribution in [0.1, 0.15) is 18.1 Å². The van der Waals surface area contributed by atoms with Crippen molar-refractivity contribution in [2.24, 2.45) is 5.92 Å². The fourth-order valence-corrected chi connectivity index (χ4v) is 3.59. The molecule has 2 aromatic rings. The fourth-order valence-electron chi connectivity index (χ4n) is 3.59. The highest BCUT2D eigenvalue weighted by Gasteiger charge is 2.16. The van der Waals surface area contributed by atoms with E-state index in [-0.39, 0.29) is 0 Å². The van der Waals surface area contributed by atoms with Gasteiger partial charge in [-0.3, -0.25) is 4.98 Å². The topological polar surface area (TPSA) is 49.9 Å². The van der Waals surface area contributed by atoms with Gasteiger partial charge < -0.3 is 24.6 Å². The predicted molar refractivity (Wildman–Crippen MR) is 116 cm³/mol. The molecule has 1 atom stereocenters. The van der Waals surface area contributed by atoms with Crippen LogP contribution in [0.3, 0.4) is 0 Å². The number of likely N-dealkylation sites (N-methyl/N-ethyl adjacent to an activating group) is 1. The third-order valence-corrected chi connectivity index (χ3v) is 5.33. The number of hydrogen-bond acceptors (Lipinski definition) is 6. The highest BCUT2D eigenvalue weighted by Crippen LogP contribution is 2.28. The van der Waals surface area contributed by atoms with E-state index < -0.39 is 0 Å². The van der Waals surface area contributed by atoms with Gasteiger partial charge in [0.05, 0.1) is 7.11 Å². The lowest BCUT2D eigenvalue weighted by Gasteiger charge is -2.34. The molecule has 2 heterocycles. The third-order valence-electron chi connectivity index (χ3n) is 5.33. The van der Waals surface area contributed by atoms with Crippen LogP contribution < -0.4 is 14.8 Å². The first kappa shape index (κ1) is 21.6. The smallest absolute Gasteiger partial charge is 0.161 e. The number of ether oxygens (including phenoxy) is 2. The Morgan fingerprint density at radius 2 is 1.93 bits per heavy atom. The zero-order valence-corrected chi connectivity index (χ0v) is 17.9. The maximum Gasteiger partial charge on any atom is 0.161 e. The molecule has 0 amide bonds. The van der Waals surface area contributed by atoms with Crippen molar-refractivity contribution in [2.75, 3.05) is 53.4 Å². The summed E-state index contributed by atoms with van der Waals surface area (Å²) in [6, 6.07) is 10.1. The number of benzene rings is 1. The van der Waals surface area contributed by atoms with Crippen molar-refractivity contribution in [3.63, 3.8) is 0 Å². The number of piperazine rings is 1. The summed E-state index contributed by atoms with van der Waals surface area (Å²) in [7, 11) is 3.87. The van der Waals surface area contributed by atoms with E-state index >= 15 is 0 Å². The zero-order valence-electron chi connectivity index (χ0n) is 17.9. The Morgan fingerprint density at radius 3 is 2.66 bits per heavy atom. The van der Waals surface area contributed by atoms with Crippen LogP contribution in [0.2, 0.25) is 0 Å². The van der Waals surface area contributed by atoms with Crippen LogP contribution in [0.25, 0.3) is 0 Å². The number of pyridine rings is 1. The summed E-state index contributed by atoms with van der Waals surface area (Å²) in [5, 5.41) is 3.59. The minimum absolute atomic E-state index is 0.475. The quantitative estimate of drug-likeness (QED) is 0.664. The minimum atomic E-state index is 0.475. The molecule has 0 radical (unpaired) electrons. The summed E-state index contributed by atoms with van der Waals surface area (Å²) >= 11 is 0. The lowest BCUT2D eigenvalue weighted by atomic mass is 10.1. The van der Waals surface area contributed by atoms with Crippen LogP contribution in [0, 0.1) is 5.92 Å². The molecule has 1 unspecified atom stereocenters. The fraction of sp³-hybridized carbons (Fsp3) is 0.522. The molecule has 1 fully saturated rings. The number of hydrogen-bond donors (Lipinski definition) is 1. The molecular formula is C23H34N4O2. The summed E-state index contributed by atoms with van der Waals surface area (Å²) < 4.78 is 11.4. The number of nitrogens with zero attached hydrogens (tertiary/aromatic N) is 3. The van der Waals surface area contributed by atoms with Crippen molar-refractivity contribution < 1.29 is 9.47 Å². The van der Waals surface area contributed by atoms with E-state index in [1.54, 1.807) is 13.3 Å².